The summed E-state index contributed by atoms with van der Waals surface area (Å²) in [6, 6.07) is 45.8. The fraction of sp³-hybridized carbons (Fsp3) is 0.176. The van der Waals surface area contributed by atoms with Crippen molar-refractivity contribution in [3.63, 3.8) is 0 Å². The van der Waals surface area contributed by atoms with Gasteiger partial charge in [0.25, 0.3) is 0 Å². The molecule has 0 saturated carbocycles. The minimum Gasteiger partial charge on any atom is -0.497 e. The number of sulfone groups is 4. The number of ether oxygens (including phenoxy) is 4. The Morgan fingerprint density at radius 3 is 0.870 bits per heavy atom. The second kappa shape index (κ2) is 41.4. The van der Waals surface area contributed by atoms with Crippen LogP contribution in [0.1, 0.15) is 121 Å². The van der Waals surface area contributed by atoms with E-state index in [1.54, 1.807) is 114 Å². The number of rotatable bonds is 28. The summed E-state index contributed by atoms with van der Waals surface area (Å²) in [4.78, 5) is 67.6. The number of fused-ring (bicyclic) bond motifs is 4. The number of carbonyl (C=O) groups excluding carboxylic acids is 4. The highest BCUT2D eigenvalue weighted by Gasteiger charge is 2.34. The van der Waals surface area contributed by atoms with Gasteiger partial charge in [-0.3, -0.25) is 19.2 Å². The molecule has 4 heterocycles. The van der Waals surface area contributed by atoms with Crippen LogP contribution in [-0.4, -0.2) is 130 Å². The molecule has 24 nitrogen and oxygen atoms in total. The molecule has 16 rings (SSSR count). The van der Waals surface area contributed by atoms with Crippen LogP contribution in [0.5, 0.6) is 23.0 Å². The molecule has 0 spiro atoms. The number of H-pyrrole nitrogens is 4. The first kappa shape index (κ1) is 101. The first-order valence-corrected chi connectivity index (χ1v) is 50.3. The van der Waals surface area contributed by atoms with Gasteiger partial charge in [-0.05, 0) is 237 Å². The summed E-state index contributed by atoms with van der Waals surface area (Å²) >= 11 is 12.3. The van der Waals surface area contributed by atoms with Crippen LogP contribution < -0.4 is 40.2 Å². The topological polar surface area (TPSA) is 353 Å². The van der Waals surface area contributed by atoms with E-state index in [2.05, 4.69) is 41.2 Å². The maximum Gasteiger partial charge on any atom is 0.191 e. The van der Waals surface area contributed by atoms with Gasteiger partial charge >= 0.3 is 0 Å². The second-order valence-corrected chi connectivity index (χ2v) is 41.7. The smallest absolute Gasteiger partial charge is 0.191 e. The molecule has 0 aliphatic rings. The molecule has 4 aromatic heterocycles. The van der Waals surface area contributed by atoms with E-state index < -0.39 is 98.4 Å². The molecule has 4 unspecified atom stereocenters. The van der Waals surface area contributed by atoms with Gasteiger partial charge in [-0.2, -0.15) is 0 Å². The number of carbonyl (C=O) groups is 4. The largest absolute Gasteiger partial charge is 0.497 e. The molecule has 0 bridgehead atoms. The van der Waals surface area contributed by atoms with Crippen LogP contribution in [0.15, 0.2) is 251 Å². The SMILES string of the molecule is COc1cc(NC(C(=O)c2c[nH]c3c(C)c(Cl)ccc23)c2ccc(F)cc2C)cc(S(C)(=O)=O)c1.COc1cc(NC(C(=O)c2c[nH]c3c(C)c(F)ccc23)c2ccc(F)cc2C)cc(S(C)(=O)=O)c1.COc1cc(NC(C(=O)c2c[nH]c3cc(Cl)ccc23)c2ccc(F)cc2C)cc(S(C)(=O)=O)c1.COc1cc(NC(C(=O)c2c[nH]c3cc(F)ccc23)c2ccc(F)cc2C)cc(S(C)(=O)=O)c1. The lowest BCUT2D eigenvalue weighted by atomic mass is 9.93. The van der Waals surface area contributed by atoms with Gasteiger partial charge in [-0.1, -0.05) is 59.6 Å². The second-order valence-electron chi connectivity index (χ2n) is 32.8. The minimum atomic E-state index is -3.57. The number of halogens is 8. The van der Waals surface area contributed by atoms with E-state index >= 15 is 0 Å². The zero-order valence-electron chi connectivity index (χ0n) is 76.4. The molecule has 16 aromatic rings. The molecule has 0 fully saturated rings. The number of aromatic amines is 4. The molecule has 0 aliphatic heterocycles. The fourth-order valence-electron chi connectivity index (χ4n) is 15.9. The number of hydrogen-bond acceptors (Lipinski definition) is 20. The van der Waals surface area contributed by atoms with E-state index in [4.69, 9.17) is 42.1 Å². The third kappa shape index (κ3) is 23.0. The lowest BCUT2D eigenvalue weighted by molar-refractivity contribution is 0.0963. The molecule has 4 atom stereocenters. The van der Waals surface area contributed by atoms with Gasteiger partial charge < -0.3 is 60.2 Å². The van der Waals surface area contributed by atoms with Crippen molar-refractivity contribution in [2.24, 2.45) is 0 Å². The zero-order valence-corrected chi connectivity index (χ0v) is 81.2. The standard InChI is InChI=1S/C26H24ClFN2O4S.C26H24F2N2O4S.C25H22ClFN2O4S.C25H22F2N2O4S/c1-14-9-16(28)5-6-20(14)25(30-17-10-18(34-3)12-19(11-17)35(4,32)33)26(31)22-13-29-24-15(2)23(27)8-7-21(22)24;1-14-9-16(27)5-6-20(14)25(30-17-10-18(34-3)12-19(11-17)35(4,32)33)26(31)22-13-29-24-15(2)23(28)8-7-21(22)24;1-14-8-16(27)5-7-20(14)24(25(30)22-13-28-23-9-15(26)4-6-21(22)23)29-17-10-18(33-2)12-19(11-17)34(3,31)32;1-14-8-15(26)4-6-20(14)24(25(30)22-13-28-23-9-16(27)5-7-21(22)23)29-17-10-18(33-2)12-19(11-17)34(3,31)32/h2*5-13,25,29-30H,1-4H3;2*4-13,24,28-29H,1-3H3. The van der Waals surface area contributed by atoms with Crippen LogP contribution in [0.25, 0.3) is 43.6 Å². The first-order chi connectivity index (χ1) is 65.1. The van der Waals surface area contributed by atoms with Crippen LogP contribution in [-0.2, 0) is 39.3 Å². The van der Waals surface area contributed by atoms with E-state index in [9.17, 15) is 79.2 Å². The third-order valence-corrected chi connectivity index (χ3v) is 28.1. The Kier molecular flexibility index (Phi) is 30.4. The van der Waals surface area contributed by atoms with Crippen LogP contribution >= 0.6 is 23.2 Å². The van der Waals surface area contributed by atoms with Gasteiger partial charge in [0.05, 0.1) is 59.1 Å². The maximum atomic E-state index is 14.1. The fourth-order valence-corrected chi connectivity index (χ4v) is 18.9. The molecule has 0 saturated heterocycles. The molecule has 0 amide bonds. The van der Waals surface area contributed by atoms with Crippen LogP contribution in [0, 0.1) is 76.4 Å². The molecule has 0 radical (unpaired) electrons. The summed E-state index contributed by atoms with van der Waals surface area (Å²) in [5.74, 6) is -2.66. The van der Waals surface area contributed by atoms with Gasteiger partial charge in [0.2, 0.25) is 0 Å². The Morgan fingerprint density at radius 2 is 0.565 bits per heavy atom. The average molecular weight is 2000 g/mol. The van der Waals surface area contributed by atoms with Crippen LogP contribution in [0.3, 0.4) is 0 Å². The summed E-state index contributed by atoms with van der Waals surface area (Å²) in [7, 11) is -8.55. The lowest BCUT2D eigenvalue weighted by Gasteiger charge is -2.22. The number of aryl methyl sites for hydroxylation is 6. The van der Waals surface area contributed by atoms with Crippen molar-refractivity contribution in [3.8, 4) is 23.0 Å². The van der Waals surface area contributed by atoms with E-state index in [1.165, 1.54) is 180 Å². The van der Waals surface area contributed by atoms with Crippen molar-refractivity contribution in [1.82, 2.24) is 19.9 Å². The summed E-state index contributed by atoms with van der Waals surface area (Å²) in [5, 5.41) is 16.1. The van der Waals surface area contributed by atoms with Crippen LogP contribution in [0.2, 0.25) is 10.0 Å². The summed E-state index contributed by atoms with van der Waals surface area (Å²) in [6.45, 7) is 10.3. The maximum absolute atomic E-state index is 14.1. The number of hydrogen-bond donors (Lipinski definition) is 8. The molecular formula is C102H92Cl2F6N8O16S4. The predicted molar refractivity (Wildman–Crippen MR) is 524 cm³/mol. The van der Waals surface area contributed by atoms with Gasteiger partial charge in [0, 0.05) is 167 Å². The highest BCUT2D eigenvalue weighted by atomic mass is 35.5. The molecule has 138 heavy (non-hydrogen) atoms. The molecule has 8 N–H and O–H groups in total. The van der Waals surface area contributed by atoms with Gasteiger partial charge in [-0.15, -0.1) is 0 Å². The average Bonchev–Trinajstić information content (AvgIpc) is 1.64. The van der Waals surface area contributed by atoms with E-state index in [-0.39, 0.29) is 54.2 Å². The van der Waals surface area contributed by atoms with E-state index in [1.807, 2.05) is 6.92 Å². The summed E-state index contributed by atoms with van der Waals surface area (Å²) < 4.78 is 202. The number of aromatic nitrogens is 4. The highest BCUT2D eigenvalue weighted by Crippen LogP contribution is 2.41. The molecule has 12 aromatic carbocycles. The van der Waals surface area contributed by atoms with Crippen molar-refractivity contribution in [1.29, 1.82) is 0 Å². The number of Topliss-reactive ketones (excluding diaryl/α,β-unsaturated/α-hetero) is 4. The first-order valence-electron chi connectivity index (χ1n) is 42.0. The van der Waals surface area contributed by atoms with Crippen molar-refractivity contribution < 1.29 is 98.1 Å². The predicted octanol–water partition coefficient (Wildman–Crippen LogP) is 22.5. The van der Waals surface area contributed by atoms with Gasteiger partial charge in [0.15, 0.2) is 62.5 Å². The molecule has 0 aliphatic carbocycles. The summed E-state index contributed by atoms with van der Waals surface area (Å²) in [5.41, 5.74) is 10.8. The Balaban J connectivity index is 0.000000155. The zero-order chi connectivity index (χ0) is 100. The third-order valence-electron chi connectivity index (χ3n) is 23.1. The highest BCUT2D eigenvalue weighted by molar-refractivity contribution is 7.91. The summed E-state index contributed by atoms with van der Waals surface area (Å²) in [6.07, 6.45) is 10.6. The van der Waals surface area contributed by atoms with Gasteiger partial charge in [0.1, 0.15) is 82.1 Å². The van der Waals surface area contributed by atoms with Crippen molar-refractivity contribution in [3.05, 3.63) is 354 Å². The van der Waals surface area contributed by atoms with Crippen LogP contribution in [0.4, 0.5) is 49.1 Å². The normalized spacial score (nSPS) is 12.5. The van der Waals surface area contributed by atoms with Crippen molar-refractivity contribution >= 4 is 152 Å². The van der Waals surface area contributed by atoms with Gasteiger partial charge in [-0.25, -0.2) is 60.0 Å². The Labute approximate surface area is 801 Å². The monoisotopic (exact) mass is 2000 g/mol. The Morgan fingerprint density at radius 1 is 0.304 bits per heavy atom. The quantitative estimate of drug-likeness (QED) is 0.0167. The van der Waals surface area contributed by atoms with Crippen molar-refractivity contribution in [2.45, 2.75) is 85.3 Å². The van der Waals surface area contributed by atoms with Crippen molar-refractivity contribution in [2.75, 3.05) is 74.7 Å². The Bertz CT molecular complexity index is 7550. The molecule has 716 valence electrons. The lowest BCUT2D eigenvalue weighted by Crippen LogP contribution is -2.22. The minimum absolute atomic E-state index is 0.0129. The van der Waals surface area contributed by atoms with E-state index in [0.717, 1.165) is 36.1 Å². The number of anilines is 4. The molecule has 36 heteroatoms. The molecular weight excluding hydrogens is 1910 g/mol. The number of nitrogens with one attached hydrogen (secondary N) is 8. The number of methoxy groups -OCH3 is 4. The Hall–Kier alpha value is -14.2. The van der Waals surface area contributed by atoms with E-state index in [0.29, 0.717) is 155 Å². The number of benzene rings is 12. The number of ketones is 4.